The van der Waals surface area contributed by atoms with Crippen molar-refractivity contribution in [3.8, 4) is 0 Å². The average Bonchev–Trinajstić information content (AvgIpc) is 2.41. The summed E-state index contributed by atoms with van der Waals surface area (Å²) in [7, 11) is -1.86. The van der Waals surface area contributed by atoms with Gasteiger partial charge >= 0.3 is 0 Å². The molecule has 0 spiro atoms. The van der Waals surface area contributed by atoms with E-state index in [-0.39, 0.29) is 15.8 Å². The first-order valence-electron chi connectivity index (χ1n) is 8.06. The van der Waals surface area contributed by atoms with Crippen LogP contribution in [0.4, 0.5) is 0 Å². The van der Waals surface area contributed by atoms with Crippen molar-refractivity contribution in [2.75, 3.05) is 6.61 Å². The van der Waals surface area contributed by atoms with Crippen molar-refractivity contribution in [3.63, 3.8) is 0 Å². The number of rotatable bonds is 6. The van der Waals surface area contributed by atoms with E-state index in [9.17, 15) is 4.55 Å². The first-order chi connectivity index (χ1) is 10.3. The molecule has 23 heavy (non-hydrogen) atoms. The Morgan fingerprint density at radius 3 is 2.30 bits per heavy atom. The highest BCUT2D eigenvalue weighted by atomic mass is 32.2. The third-order valence-corrected chi connectivity index (χ3v) is 10.4. The topological polar surface area (TPSA) is 57.2 Å². The molecule has 1 unspecified atom stereocenters. The van der Waals surface area contributed by atoms with E-state index in [2.05, 4.69) is 43.6 Å². The molecule has 132 valence electrons. The second-order valence-electron chi connectivity index (χ2n) is 8.41. The number of nitrogens with one attached hydrogen (secondary N) is 1. The normalized spacial score (nSPS) is 16.2. The van der Waals surface area contributed by atoms with Crippen LogP contribution < -0.4 is 4.72 Å². The molecule has 0 aliphatic rings. The Bertz CT molecular complexity index is 484. The quantitative estimate of drug-likeness (QED) is 0.613. The van der Waals surface area contributed by atoms with Crippen LogP contribution in [0.5, 0.6) is 0 Å². The van der Waals surface area contributed by atoms with Crippen molar-refractivity contribution in [1.29, 1.82) is 0 Å². The van der Waals surface area contributed by atoms with Gasteiger partial charge in [-0.05, 0) is 50.5 Å². The van der Waals surface area contributed by atoms with Crippen molar-refractivity contribution in [2.24, 2.45) is 0 Å². The number of hydrogen-bond acceptors (Lipinski definition) is 4. The molecule has 0 aromatic carbocycles. The highest BCUT2D eigenvalue weighted by Gasteiger charge is 2.38. The maximum absolute atomic E-state index is 12.5. The van der Waals surface area contributed by atoms with Crippen molar-refractivity contribution < 1.29 is 8.98 Å². The summed E-state index contributed by atoms with van der Waals surface area (Å²) in [5.74, 6) is 0. The highest BCUT2D eigenvalue weighted by molar-refractivity contribution is 7.90. The van der Waals surface area contributed by atoms with E-state index in [1.807, 2.05) is 39.1 Å². The summed E-state index contributed by atoms with van der Waals surface area (Å²) < 4.78 is 21.7. The molecule has 0 radical (unpaired) electrons. The lowest BCUT2D eigenvalue weighted by molar-refractivity contribution is 0.256. The largest absolute Gasteiger partial charge is 0.598 e. The van der Waals surface area contributed by atoms with E-state index in [1.54, 1.807) is 6.20 Å². The summed E-state index contributed by atoms with van der Waals surface area (Å²) in [4.78, 5) is 4.19. The van der Waals surface area contributed by atoms with Gasteiger partial charge in [-0.25, -0.2) is 0 Å². The molecule has 0 bridgehead atoms. The maximum Gasteiger partial charge on any atom is 0.192 e. The molecule has 0 aliphatic carbocycles. The van der Waals surface area contributed by atoms with Crippen LogP contribution in [0.1, 0.15) is 53.1 Å². The zero-order valence-electron chi connectivity index (χ0n) is 15.8. The van der Waals surface area contributed by atoms with Crippen LogP contribution >= 0.6 is 0 Å². The zero-order valence-corrected chi connectivity index (χ0v) is 17.6. The fourth-order valence-corrected chi connectivity index (χ4v) is 3.43. The van der Waals surface area contributed by atoms with Crippen LogP contribution in [0.25, 0.3) is 0 Å². The first kappa shape index (κ1) is 20.6. The number of nitrogens with zero attached hydrogens (tertiary/aromatic N) is 1. The molecule has 2 atom stereocenters. The molecule has 0 amide bonds. The third kappa shape index (κ3) is 6.19. The van der Waals surface area contributed by atoms with Crippen LogP contribution in [-0.2, 0) is 15.8 Å². The molecule has 1 heterocycles. The zero-order chi connectivity index (χ0) is 17.9. The Hall–Kier alpha value is -0.403. The van der Waals surface area contributed by atoms with Crippen LogP contribution in [-0.4, -0.2) is 29.2 Å². The fraction of sp³-hybridized carbons (Fsp3) is 0.706. The lowest BCUT2D eigenvalue weighted by atomic mass is 10.1. The van der Waals surface area contributed by atoms with Crippen molar-refractivity contribution in [1.82, 2.24) is 9.71 Å². The van der Waals surface area contributed by atoms with Crippen molar-refractivity contribution >= 4 is 19.7 Å². The molecule has 1 aromatic rings. The minimum absolute atomic E-state index is 0.127. The summed E-state index contributed by atoms with van der Waals surface area (Å²) in [5.41, 5.74) is 1.00. The first-order valence-corrected chi connectivity index (χ1v) is 12.1. The van der Waals surface area contributed by atoms with Gasteiger partial charge in [0.2, 0.25) is 0 Å². The van der Waals surface area contributed by atoms with Gasteiger partial charge in [0.15, 0.2) is 8.32 Å². The average molecular weight is 357 g/mol. The molecule has 0 saturated carbocycles. The molecule has 1 rings (SSSR count). The van der Waals surface area contributed by atoms with E-state index >= 15 is 0 Å². The van der Waals surface area contributed by atoms with Gasteiger partial charge in [-0.3, -0.25) is 4.98 Å². The second kappa shape index (κ2) is 7.65. The Balaban J connectivity index is 2.89. The summed E-state index contributed by atoms with van der Waals surface area (Å²) >= 11 is -1.16. The Morgan fingerprint density at radius 1 is 1.26 bits per heavy atom. The minimum Gasteiger partial charge on any atom is -0.598 e. The van der Waals surface area contributed by atoms with Gasteiger partial charge < -0.3 is 8.98 Å². The van der Waals surface area contributed by atoms with Gasteiger partial charge in [0.25, 0.3) is 0 Å². The van der Waals surface area contributed by atoms with Crippen LogP contribution in [0.3, 0.4) is 0 Å². The summed E-state index contributed by atoms with van der Waals surface area (Å²) in [6.45, 7) is 17.5. The standard InChI is InChI=1S/C17H32N2O2SSi/c1-16(2,3)22(20)19-15(14-10-9-11-18-12-14)13-21-23(7,8)17(4,5)6/h9-12,15,19H,13H2,1-8H3/t15-,22?/m1/s1. The second-order valence-corrected chi connectivity index (χ2v) is 15.2. The van der Waals surface area contributed by atoms with Gasteiger partial charge in [-0.2, -0.15) is 0 Å². The molecule has 0 saturated heterocycles. The highest BCUT2D eigenvalue weighted by Crippen LogP contribution is 2.37. The molecule has 0 fully saturated rings. The van der Waals surface area contributed by atoms with Crippen LogP contribution in [0.15, 0.2) is 24.5 Å². The summed E-state index contributed by atoms with van der Waals surface area (Å²) in [6.07, 6.45) is 3.56. The molecule has 6 heteroatoms. The minimum atomic E-state index is -1.86. The number of hydrogen-bond donors (Lipinski definition) is 1. The molecule has 1 aromatic heterocycles. The Morgan fingerprint density at radius 2 is 1.87 bits per heavy atom. The van der Waals surface area contributed by atoms with Gasteiger partial charge in [-0.15, -0.1) is 4.72 Å². The Labute approximate surface area is 145 Å². The fourth-order valence-electron chi connectivity index (χ4n) is 1.59. The van der Waals surface area contributed by atoms with E-state index in [4.69, 9.17) is 4.43 Å². The van der Waals surface area contributed by atoms with E-state index in [1.165, 1.54) is 0 Å². The lowest BCUT2D eigenvalue weighted by Gasteiger charge is -2.37. The molecule has 0 aliphatic heterocycles. The third-order valence-electron chi connectivity index (χ3n) is 4.31. The number of pyridine rings is 1. The van der Waals surface area contributed by atoms with E-state index < -0.39 is 19.7 Å². The predicted molar refractivity (Wildman–Crippen MR) is 101 cm³/mol. The monoisotopic (exact) mass is 356 g/mol. The molecular formula is C17H32N2O2SSi. The van der Waals surface area contributed by atoms with Gasteiger partial charge in [0, 0.05) is 23.8 Å². The summed E-state index contributed by atoms with van der Waals surface area (Å²) in [6, 6.07) is 3.77. The van der Waals surface area contributed by atoms with Crippen LogP contribution in [0, 0.1) is 0 Å². The molecular weight excluding hydrogens is 324 g/mol. The van der Waals surface area contributed by atoms with Crippen LogP contribution in [0.2, 0.25) is 18.1 Å². The SMILES string of the molecule is CC(C)(C)[S+]([O-])N[C@H](CO[Si](C)(C)C(C)(C)C)c1cccnc1. The summed E-state index contributed by atoms with van der Waals surface area (Å²) in [5, 5.41) is 0.148. The van der Waals surface area contributed by atoms with E-state index in [0.29, 0.717) is 6.61 Å². The van der Waals surface area contributed by atoms with Gasteiger partial charge in [-0.1, -0.05) is 26.8 Å². The van der Waals surface area contributed by atoms with Gasteiger partial charge in [0.1, 0.15) is 10.8 Å². The number of aromatic nitrogens is 1. The maximum atomic E-state index is 12.5. The Kier molecular flexibility index (Phi) is 6.87. The molecule has 4 nitrogen and oxygen atoms in total. The van der Waals surface area contributed by atoms with Crippen molar-refractivity contribution in [3.05, 3.63) is 30.1 Å². The lowest BCUT2D eigenvalue weighted by Crippen LogP contribution is -2.46. The van der Waals surface area contributed by atoms with E-state index in [0.717, 1.165) is 5.56 Å². The predicted octanol–water partition coefficient (Wildman–Crippen LogP) is 4.20. The van der Waals surface area contributed by atoms with Gasteiger partial charge in [0.05, 0.1) is 6.61 Å². The van der Waals surface area contributed by atoms with Crippen molar-refractivity contribution in [2.45, 2.75) is 70.5 Å². The smallest absolute Gasteiger partial charge is 0.192 e. The molecule has 1 N–H and O–H groups in total.